The lowest BCUT2D eigenvalue weighted by Gasteiger charge is -2.09. The van der Waals surface area contributed by atoms with E-state index in [4.69, 9.17) is 4.74 Å². The number of aromatic nitrogens is 1. The molecule has 0 saturated heterocycles. The Kier molecular flexibility index (Phi) is 4.84. The summed E-state index contributed by atoms with van der Waals surface area (Å²) in [5.74, 6) is -0.600. The Morgan fingerprint density at radius 3 is 2.48 bits per heavy atom. The Labute approximate surface area is 146 Å². The van der Waals surface area contributed by atoms with Gasteiger partial charge in [0.2, 0.25) is 0 Å². The van der Waals surface area contributed by atoms with E-state index in [0.29, 0.717) is 0 Å². The van der Waals surface area contributed by atoms with Gasteiger partial charge < -0.3 is 14.5 Å². The zero-order chi connectivity index (χ0) is 17.8. The Bertz CT molecular complexity index is 927. The molecule has 128 valence electrons. The number of para-hydroxylation sites is 1. The molecule has 1 N–H and O–H groups in total. The van der Waals surface area contributed by atoms with E-state index < -0.39 is 5.97 Å². The predicted octanol–water partition coefficient (Wildman–Crippen LogP) is 3.78. The van der Waals surface area contributed by atoms with Gasteiger partial charge in [-0.3, -0.25) is 0 Å². The largest absolute Gasteiger partial charge is 0.461 e. The molecule has 1 aromatic heterocycles. The minimum atomic E-state index is -0.600. The summed E-state index contributed by atoms with van der Waals surface area (Å²) in [6, 6.07) is 17.9. The third-order valence-electron chi connectivity index (χ3n) is 4.23. The molecule has 2 aromatic carbocycles. The smallest absolute Gasteiger partial charge is 0.356 e. The molecule has 0 radical (unpaired) electrons. The van der Waals surface area contributed by atoms with E-state index in [1.807, 2.05) is 61.6 Å². The van der Waals surface area contributed by atoms with Crippen molar-refractivity contribution in [1.82, 2.24) is 4.57 Å². The maximum absolute atomic E-state index is 12.0. The number of hydrogen-bond donors (Lipinski definition) is 1. The van der Waals surface area contributed by atoms with Gasteiger partial charge >= 0.3 is 5.97 Å². The number of oxime groups is 1. The third kappa shape index (κ3) is 3.13. The Morgan fingerprint density at radius 2 is 1.80 bits per heavy atom. The molecule has 0 aliphatic rings. The highest BCUT2D eigenvalue weighted by Gasteiger charge is 2.22. The van der Waals surface area contributed by atoms with Crippen LogP contribution < -0.4 is 0 Å². The molecule has 0 aliphatic heterocycles. The van der Waals surface area contributed by atoms with Gasteiger partial charge in [-0.1, -0.05) is 53.7 Å². The predicted molar refractivity (Wildman–Crippen MR) is 97.9 cm³/mol. The maximum Gasteiger partial charge on any atom is 0.356 e. The number of esters is 1. The number of benzene rings is 2. The molecule has 0 amide bonds. The van der Waals surface area contributed by atoms with Gasteiger partial charge in [0.1, 0.15) is 0 Å². The molecular weight excluding hydrogens is 316 g/mol. The Hall–Kier alpha value is -3.08. The minimum Gasteiger partial charge on any atom is -0.461 e. The standard InChI is InChI=1S/C20H20N2O3/c1-3-25-20(23)17(21-24)13-16-15-11-7-8-12-18(15)22(2)19(16)14-9-5-4-6-10-14/h4-12,24H,3,13H2,1-2H3. The van der Waals surface area contributed by atoms with Gasteiger partial charge in [-0.15, -0.1) is 0 Å². The molecule has 1 heterocycles. The normalized spacial score (nSPS) is 11.7. The van der Waals surface area contributed by atoms with Gasteiger partial charge in [0.05, 0.1) is 12.3 Å². The summed E-state index contributed by atoms with van der Waals surface area (Å²) in [6.45, 7) is 1.96. The lowest BCUT2D eigenvalue weighted by atomic mass is 10.0. The highest BCUT2D eigenvalue weighted by atomic mass is 16.5. The second-order valence-corrected chi connectivity index (χ2v) is 5.71. The van der Waals surface area contributed by atoms with E-state index in [-0.39, 0.29) is 18.7 Å². The quantitative estimate of drug-likeness (QED) is 0.334. The van der Waals surface area contributed by atoms with Crippen LogP contribution >= 0.6 is 0 Å². The van der Waals surface area contributed by atoms with Crippen LogP contribution in [0, 0.1) is 0 Å². The lowest BCUT2D eigenvalue weighted by molar-refractivity contribution is -0.135. The fraction of sp³-hybridized carbons (Fsp3) is 0.200. The second-order valence-electron chi connectivity index (χ2n) is 5.71. The molecule has 0 aliphatic carbocycles. The first kappa shape index (κ1) is 16.8. The van der Waals surface area contributed by atoms with Crippen molar-refractivity contribution in [3.8, 4) is 11.3 Å². The molecular formula is C20H20N2O3. The summed E-state index contributed by atoms with van der Waals surface area (Å²) < 4.78 is 7.09. The summed E-state index contributed by atoms with van der Waals surface area (Å²) >= 11 is 0. The van der Waals surface area contributed by atoms with Crippen LogP contribution in [0.3, 0.4) is 0 Å². The summed E-state index contributed by atoms with van der Waals surface area (Å²) in [5, 5.41) is 13.5. The van der Waals surface area contributed by atoms with E-state index in [0.717, 1.165) is 27.7 Å². The van der Waals surface area contributed by atoms with Crippen molar-refractivity contribution in [2.45, 2.75) is 13.3 Å². The lowest BCUT2D eigenvalue weighted by Crippen LogP contribution is -2.20. The topological polar surface area (TPSA) is 63.8 Å². The van der Waals surface area contributed by atoms with Crippen LogP contribution in [0.25, 0.3) is 22.2 Å². The number of carbonyl (C=O) groups excluding carboxylic acids is 1. The summed E-state index contributed by atoms with van der Waals surface area (Å²) in [6.07, 6.45) is 0.195. The molecule has 0 saturated carbocycles. The van der Waals surface area contributed by atoms with Gasteiger partial charge in [0.25, 0.3) is 0 Å². The van der Waals surface area contributed by atoms with Crippen molar-refractivity contribution in [3.05, 3.63) is 60.2 Å². The van der Waals surface area contributed by atoms with Crippen molar-refractivity contribution < 1.29 is 14.7 Å². The number of rotatable bonds is 5. The van der Waals surface area contributed by atoms with Crippen LogP contribution in [-0.2, 0) is 23.0 Å². The number of carbonyl (C=O) groups is 1. The SMILES string of the molecule is CCOC(=O)C(Cc1c(-c2ccccc2)n(C)c2ccccc12)=NO. The molecule has 0 bridgehead atoms. The first-order valence-corrected chi connectivity index (χ1v) is 8.17. The van der Waals surface area contributed by atoms with E-state index in [9.17, 15) is 10.0 Å². The molecule has 5 heteroatoms. The van der Waals surface area contributed by atoms with Crippen LogP contribution in [0.4, 0.5) is 0 Å². The van der Waals surface area contributed by atoms with Gasteiger partial charge in [-0.25, -0.2) is 4.79 Å². The van der Waals surface area contributed by atoms with E-state index >= 15 is 0 Å². The molecule has 0 fully saturated rings. The molecule has 3 aromatic rings. The van der Waals surface area contributed by atoms with Crippen LogP contribution in [0.1, 0.15) is 12.5 Å². The Balaban J connectivity index is 2.18. The summed E-state index contributed by atoms with van der Waals surface area (Å²) in [4.78, 5) is 12.0. The van der Waals surface area contributed by atoms with Crippen molar-refractivity contribution in [2.24, 2.45) is 12.2 Å². The second kappa shape index (κ2) is 7.21. The van der Waals surface area contributed by atoms with Gasteiger partial charge in [0, 0.05) is 24.4 Å². The highest BCUT2D eigenvalue weighted by Crippen LogP contribution is 2.33. The minimum absolute atomic E-state index is 0.00427. The highest BCUT2D eigenvalue weighted by molar-refractivity contribution is 6.37. The average Bonchev–Trinajstić information content (AvgIpc) is 2.93. The van der Waals surface area contributed by atoms with Crippen LogP contribution in [0.2, 0.25) is 0 Å². The van der Waals surface area contributed by atoms with Gasteiger partial charge in [-0.05, 0) is 24.1 Å². The van der Waals surface area contributed by atoms with E-state index in [1.165, 1.54) is 0 Å². The first-order chi connectivity index (χ1) is 12.2. The Morgan fingerprint density at radius 1 is 1.12 bits per heavy atom. The van der Waals surface area contributed by atoms with Gasteiger partial charge in [-0.2, -0.15) is 0 Å². The monoisotopic (exact) mass is 336 g/mol. The fourth-order valence-electron chi connectivity index (χ4n) is 3.14. The first-order valence-electron chi connectivity index (χ1n) is 8.17. The van der Waals surface area contributed by atoms with Gasteiger partial charge in [0.15, 0.2) is 5.71 Å². The van der Waals surface area contributed by atoms with Crippen molar-refractivity contribution in [2.75, 3.05) is 6.61 Å². The van der Waals surface area contributed by atoms with Crippen LogP contribution in [0.5, 0.6) is 0 Å². The zero-order valence-electron chi connectivity index (χ0n) is 14.3. The zero-order valence-corrected chi connectivity index (χ0v) is 14.3. The van der Waals surface area contributed by atoms with Crippen molar-refractivity contribution in [3.63, 3.8) is 0 Å². The third-order valence-corrected chi connectivity index (χ3v) is 4.23. The number of hydrogen-bond acceptors (Lipinski definition) is 4. The van der Waals surface area contributed by atoms with E-state index in [1.54, 1.807) is 6.92 Å². The number of aryl methyl sites for hydroxylation is 1. The number of nitrogens with zero attached hydrogens (tertiary/aromatic N) is 2. The molecule has 25 heavy (non-hydrogen) atoms. The van der Waals surface area contributed by atoms with Crippen molar-refractivity contribution >= 4 is 22.6 Å². The average molecular weight is 336 g/mol. The fourth-order valence-corrected chi connectivity index (χ4v) is 3.14. The van der Waals surface area contributed by atoms with E-state index in [2.05, 4.69) is 9.72 Å². The molecule has 5 nitrogen and oxygen atoms in total. The number of ether oxygens (including phenoxy) is 1. The molecule has 0 spiro atoms. The summed E-state index contributed by atoms with van der Waals surface area (Å²) in [7, 11) is 1.99. The number of fused-ring (bicyclic) bond motifs is 1. The molecule has 0 atom stereocenters. The van der Waals surface area contributed by atoms with Crippen LogP contribution in [0.15, 0.2) is 59.8 Å². The van der Waals surface area contributed by atoms with Crippen molar-refractivity contribution in [1.29, 1.82) is 0 Å². The maximum atomic E-state index is 12.0. The van der Waals surface area contributed by atoms with Crippen LogP contribution in [-0.4, -0.2) is 28.1 Å². The molecule has 0 unspecified atom stereocenters. The molecule has 3 rings (SSSR count). The summed E-state index contributed by atoms with van der Waals surface area (Å²) in [5.41, 5.74) is 4.02.